The molecule has 0 fully saturated rings. The average molecular weight is 389 g/mol. The highest BCUT2D eigenvalue weighted by atomic mass is 35.5. The summed E-state index contributed by atoms with van der Waals surface area (Å²) in [4.78, 5) is 29.3. The van der Waals surface area contributed by atoms with Crippen molar-refractivity contribution in [1.82, 2.24) is 4.57 Å². The minimum atomic E-state index is -0.394. The van der Waals surface area contributed by atoms with Gasteiger partial charge in [-0.05, 0) is 44.2 Å². The van der Waals surface area contributed by atoms with Gasteiger partial charge in [-0.25, -0.2) is 4.79 Å². The number of esters is 1. The largest absolute Gasteiger partial charge is 0.462 e. The van der Waals surface area contributed by atoms with E-state index in [9.17, 15) is 9.59 Å². The van der Waals surface area contributed by atoms with Gasteiger partial charge < -0.3 is 9.30 Å². The number of aromatic nitrogens is 1. The predicted octanol–water partition coefficient (Wildman–Crippen LogP) is 4.29. The molecule has 0 unspecified atom stereocenters. The molecule has 0 N–H and O–H groups in total. The van der Waals surface area contributed by atoms with Gasteiger partial charge in [0.2, 0.25) is 0 Å². The van der Waals surface area contributed by atoms with E-state index in [0.29, 0.717) is 34.1 Å². The molecule has 0 aliphatic rings. The Labute approximate surface area is 159 Å². The monoisotopic (exact) mass is 388 g/mol. The fourth-order valence-corrected chi connectivity index (χ4v) is 3.94. The first-order chi connectivity index (χ1) is 12.5. The molecule has 0 saturated heterocycles. The molecule has 1 aromatic heterocycles. The third kappa shape index (κ3) is 3.57. The summed E-state index contributed by atoms with van der Waals surface area (Å²) in [6.07, 6.45) is 0. The van der Waals surface area contributed by atoms with Crippen molar-refractivity contribution in [2.45, 2.75) is 20.4 Å². The van der Waals surface area contributed by atoms with Crippen molar-refractivity contribution in [2.24, 2.45) is 4.99 Å². The first-order valence-corrected chi connectivity index (χ1v) is 9.38. The Morgan fingerprint density at radius 2 is 1.96 bits per heavy atom. The number of hydrogen-bond acceptors (Lipinski definition) is 4. The Hall–Kier alpha value is -2.44. The first kappa shape index (κ1) is 18.4. The number of halogens is 1. The first-order valence-electron chi connectivity index (χ1n) is 8.19. The average Bonchev–Trinajstić information content (AvgIpc) is 2.98. The van der Waals surface area contributed by atoms with Gasteiger partial charge in [0.1, 0.15) is 0 Å². The van der Waals surface area contributed by atoms with Gasteiger partial charge in [-0.3, -0.25) is 4.79 Å². The van der Waals surface area contributed by atoms with Crippen molar-refractivity contribution in [3.05, 3.63) is 63.4 Å². The highest BCUT2D eigenvalue weighted by Gasteiger charge is 2.13. The van der Waals surface area contributed by atoms with Gasteiger partial charge in [0, 0.05) is 6.54 Å². The molecule has 1 amide bonds. The van der Waals surface area contributed by atoms with E-state index in [1.165, 1.54) is 11.3 Å². The molecular formula is C19H17ClN2O3S. The minimum Gasteiger partial charge on any atom is -0.462 e. The van der Waals surface area contributed by atoms with Crippen LogP contribution in [0, 0.1) is 0 Å². The SMILES string of the molecule is CCOC(=O)c1ccc2c(c1)sc(=NC(=O)c1ccccc1Cl)n2CC. The van der Waals surface area contributed by atoms with Crippen LogP contribution in [-0.4, -0.2) is 23.1 Å². The third-order valence-corrected chi connectivity index (χ3v) is 5.18. The van der Waals surface area contributed by atoms with Crippen LogP contribution in [0.1, 0.15) is 34.6 Å². The summed E-state index contributed by atoms with van der Waals surface area (Å²) >= 11 is 7.44. The summed E-state index contributed by atoms with van der Waals surface area (Å²) < 4.78 is 7.84. The zero-order valence-corrected chi connectivity index (χ0v) is 15.9. The number of carbonyl (C=O) groups is 2. The summed E-state index contributed by atoms with van der Waals surface area (Å²) in [7, 11) is 0. The van der Waals surface area contributed by atoms with Crippen molar-refractivity contribution >= 4 is 45.0 Å². The Bertz CT molecular complexity index is 1050. The Kier molecular flexibility index (Phi) is 5.54. The molecule has 26 heavy (non-hydrogen) atoms. The molecular weight excluding hydrogens is 372 g/mol. The van der Waals surface area contributed by atoms with Gasteiger partial charge in [-0.15, -0.1) is 0 Å². The lowest BCUT2D eigenvalue weighted by molar-refractivity contribution is 0.0526. The maximum atomic E-state index is 12.5. The molecule has 0 bridgehead atoms. The Morgan fingerprint density at radius 3 is 2.65 bits per heavy atom. The number of fused-ring (bicyclic) bond motifs is 1. The summed E-state index contributed by atoms with van der Waals surface area (Å²) in [5, 5.41) is 0.370. The van der Waals surface area contributed by atoms with Crippen LogP contribution in [0.3, 0.4) is 0 Å². The van der Waals surface area contributed by atoms with Crippen LogP contribution in [0.2, 0.25) is 5.02 Å². The zero-order chi connectivity index (χ0) is 18.7. The lowest BCUT2D eigenvalue weighted by Crippen LogP contribution is -2.16. The third-order valence-electron chi connectivity index (χ3n) is 3.81. The number of hydrogen-bond donors (Lipinski definition) is 0. The van der Waals surface area contributed by atoms with Crippen molar-refractivity contribution in [3.63, 3.8) is 0 Å². The Balaban J connectivity index is 2.09. The van der Waals surface area contributed by atoms with Crippen LogP contribution in [0.15, 0.2) is 47.5 Å². The van der Waals surface area contributed by atoms with Gasteiger partial charge in [0.05, 0.1) is 33.0 Å². The number of ether oxygens (including phenoxy) is 1. The molecule has 5 nitrogen and oxygen atoms in total. The van der Waals surface area contributed by atoms with Crippen LogP contribution in [0.25, 0.3) is 10.2 Å². The van der Waals surface area contributed by atoms with Crippen LogP contribution in [0.5, 0.6) is 0 Å². The Morgan fingerprint density at radius 1 is 1.19 bits per heavy atom. The molecule has 3 rings (SSSR count). The maximum Gasteiger partial charge on any atom is 0.338 e. The number of nitrogens with zero attached hydrogens (tertiary/aromatic N) is 2. The minimum absolute atomic E-state index is 0.323. The van der Waals surface area contributed by atoms with E-state index in [-0.39, 0.29) is 5.97 Å². The molecule has 7 heteroatoms. The number of carbonyl (C=O) groups excluding carboxylic acids is 2. The van der Waals surface area contributed by atoms with E-state index in [4.69, 9.17) is 16.3 Å². The van der Waals surface area contributed by atoms with E-state index >= 15 is 0 Å². The molecule has 0 saturated carbocycles. The molecule has 2 aromatic carbocycles. The normalized spacial score (nSPS) is 11.7. The van der Waals surface area contributed by atoms with Crippen molar-refractivity contribution < 1.29 is 14.3 Å². The van der Waals surface area contributed by atoms with Gasteiger partial charge in [-0.2, -0.15) is 4.99 Å². The van der Waals surface area contributed by atoms with E-state index in [1.54, 1.807) is 43.3 Å². The number of benzene rings is 2. The van der Waals surface area contributed by atoms with E-state index < -0.39 is 5.91 Å². The second-order valence-electron chi connectivity index (χ2n) is 5.43. The van der Waals surface area contributed by atoms with Gasteiger partial charge >= 0.3 is 5.97 Å². The molecule has 0 aliphatic carbocycles. The predicted molar refractivity (Wildman–Crippen MR) is 103 cm³/mol. The van der Waals surface area contributed by atoms with E-state index in [2.05, 4.69) is 4.99 Å². The standard InChI is InChI=1S/C19H17ClN2O3S/c1-3-22-15-10-9-12(18(24)25-4-2)11-16(15)26-19(22)21-17(23)13-7-5-6-8-14(13)20/h5-11H,3-4H2,1-2H3. The lowest BCUT2D eigenvalue weighted by atomic mass is 10.2. The molecule has 134 valence electrons. The number of amides is 1. The summed E-state index contributed by atoms with van der Waals surface area (Å²) in [5.41, 5.74) is 1.76. The topological polar surface area (TPSA) is 60.7 Å². The van der Waals surface area contributed by atoms with Crippen molar-refractivity contribution in [3.8, 4) is 0 Å². The molecule has 0 atom stereocenters. The van der Waals surface area contributed by atoms with Crippen LogP contribution < -0.4 is 4.80 Å². The van der Waals surface area contributed by atoms with E-state index in [1.807, 2.05) is 17.6 Å². The van der Waals surface area contributed by atoms with Gasteiger partial charge in [0.25, 0.3) is 5.91 Å². The second kappa shape index (κ2) is 7.85. The molecule has 3 aromatic rings. The van der Waals surface area contributed by atoms with Gasteiger partial charge in [-0.1, -0.05) is 35.1 Å². The molecule has 0 aliphatic heterocycles. The van der Waals surface area contributed by atoms with Gasteiger partial charge in [0.15, 0.2) is 4.80 Å². The zero-order valence-electron chi connectivity index (χ0n) is 14.4. The van der Waals surface area contributed by atoms with Crippen LogP contribution in [0.4, 0.5) is 0 Å². The highest BCUT2D eigenvalue weighted by molar-refractivity contribution is 7.16. The fourth-order valence-electron chi connectivity index (χ4n) is 2.59. The van der Waals surface area contributed by atoms with E-state index in [0.717, 1.165) is 10.2 Å². The quantitative estimate of drug-likeness (QED) is 0.626. The maximum absolute atomic E-state index is 12.5. The summed E-state index contributed by atoms with van der Waals surface area (Å²) in [5.74, 6) is -0.758. The highest BCUT2D eigenvalue weighted by Crippen LogP contribution is 2.21. The van der Waals surface area contributed by atoms with Crippen LogP contribution >= 0.6 is 22.9 Å². The number of aryl methyl sites for hydroxylation is 1. The van der Waals surface area contributed by atoms with Crippen LogP contribution in [-0.2, 0) is 11.3 Å². The smallest absolute Gasteiger partial charge is 0.338 e. The number of thiazole rings is 1. The number of rotatable bonds is 4. The van der Waals surface area contributed by atoms with Crippen molar-refractivity contribution in [1.29, 1.82) is 0 Å². The summed E-state index contributed by atoms with van der Waals surface area (Å²) in [6, 6.07) is 12.2. The fraction of sp³-hybridized carbons (Fsp3) is 0.211. The molecule has 0 spiro atoms. The second-order valence-corrected chi connectivity index (χ2v) is 6.84. The molecule has 0 radical (unpaired) electrons. The summed E-state index contributed by atoms with van der Waals surface area (Å²) in [6.45, 7) is 4.71. The van der Waals surface area contributed by atoms with Crippen molar-refractivity contribution in [2.75, 3.05) is 6.61 Å². The lowest BCUT2D eigenvalue weighted by Gasteiger charge is -2.03. The molecule has 1 heterocycles.